The Balaban J connectivity index is 1.82. The Morgan fingerprint density at radius 1 is 1.48 bits per heavy atom. The van der Waals surface area contributed by atoms with Gasteiger partial charge >= 0.3 is 0 Å². The van der Waals surface area contributed by atoms with Crippen molar-refractivity contribution in [3.8, 4) is 0 Å². The third-order valence-corrected chi connectivity index (χ3v) is 5.39. The summed E-state index contributed by atoms with van der Waals surface area (Å²) in [7, 11) is 1.63. The summed E-state index contributed by atoms with van der Waals surface area (Å²) in [4.78, 5) is 12.5. The molecule has 0 aromatic heterocycles. The second-order valence-electron chi connectivity index (χ2n) is 7.30. The van der Waals surface area contributed by atoms with E-state index in [-0.39, 0.29) is 34.9 Å². The number of carbonyl (C=O) groups excluding carboxylic acids is 1. The Labute approximate surface area is 126 Å². The van der Waals surface area contributed by atoms with E-state index in [0.717, 1.165) is 19.4 Å². The normalized spacial score (nSPS) is 48.3. The lowest BCUT2D eigenvalue weighted by atomic mass is 9.66. The Hall–Kier alpha value is -0.710. The van der Waals surface area contributed by atoms with Crippen LogP contribution >= 0.6 is 0 Å². The zero-order chi connectivity index (χ0) is 15.4. The van der Waals surface area contributed by atoms with Crippen molar-refractivity contribution in [1.82, 2.24) is 0 Å². The molecule has 1 spiro atoms. The van der Waals surface area contributed by atoms with Gasteiger partial charge in [0.25, 0.3) is 0 Å². The molecule has 2 unspecified atom stereocenters. The van der Waals surface area contributed by atoms with Crippen LogP contribution in [0.4, 0.5) is 0 Å². The quantitative estimate of drug-likeness (QED) is 0.590. The van der Waals surface area contributed by atoms with Gasteiger partial charge in [-0.1, -0.05) is 18.6 Å². The van der Waals surface area contributed by atoms with E-state index in [2.05, 4.69) is 26.8 Å². The van der Waals surface area contributed by atoms with E-state index in [1.807, 2.05) is 6.92 Å². The van der Waals surface area contributed by atoms with E-state index in [9.17, 15) is 4.79 Å². The minimum Gasteiger partial charge on any atom is -0.373 e. The predicted octanol–water partition coefficient (Wildman–Crippen LogP) is 2.51. The summed E-state index contributed by atoms with van der Waals surface area (Å²) in [6.07, 6.45) is 3.65. The Bertz CT molecular complexity index is 475. The highest BCUT2D eigenvalue weighted by molar-refractivity contribution is 5.87. The Kier molecular flexibility index (Phi) is 3.55. The molecule has 3 aliphatic rings. The molecule has 2 aliphatic heterocycles. The fourth-order valence-electron chi connectivity index (χ4n) is 4.10. The summed E-state index contributed by atoms with van der Waals surface area (Å²) in [6, 6.07) is 0. The highest BCUT2D eigenvalue weighted by Gasteiger charge is 2.72. The summed E-state index contributed by atoms with van der Waals surface area (Å²) < 4.78 is 17.4. The number of ketones is 1. The Morgan fingerprint density at radius 2 is 2.14 bits per heavy atom. The molecular formula is C17H26O4. The van der Waals surface area contributed by atoms with E-state index < -0.39 is 6.10 Å². The number of carbonyl (C=O) groups is 1. The maximum absolute atomic E-state index is 12.5. The number of epoxide rings is 2. The molecule has 21 heavy (non-hydrogen) atoms. The summed E-state index contributed by atoms with van der Waals surface area (Å²) in [6.45, 7) is 9.00. The van der Waals surface area contributed by atoms with Gasteiger partial charge in [-0.05, 0) is 33.6 Å². The average Bonchev–Trinajstić information content (AvgIpc) is 3.31. The van der Waals surface area contributed by atoms with E-state index in [4.69, 9.17) is 14.2 Å². The van der Waals surface area contributed by atoms with Crippen LogP contribution in [0.1, 0.15) is 40.5 Å². The van der Waals surface area contributed by atoms with Gasteiger partial charge in [0, 0.05) is 13.0 Å². The zero-order valence-corrected chi connectivity index (χ0v) is 13.6. The molecule has 1 saturated carbocycles. The van der Waals surface area contributed by atoms with E-state index in [0.29, 0.717) is 0 Å². The summed E-state index contributed by atoms with van der Waals surface area (Å²) in [5.41, 5.74) is 0.781. The molecule has 3 fully saturated rings. The van der Waals surface area contributed by atoms with Gasteiger partial charge < -0.3 is 14.2 Å². The van der Waals surface area contributed by atoms with Crippen LogP contribution in [0, 0.1) is 11.8 Å². The van der Waals surface area contributed by atoms with Crippen molar-refractivity contribution in [3.05, 3.63) is 11.6 Å². The molecule has 2 heterocycles. The summed E-state index contributed by atoms with van der Waals surface area (Å²) in [5.74, 6) is 0.211. The molecule has 0 bridgehead atoms. The predicted molar refractivity (Wildman–Crippen MR) is 79.1 cm³/mol. The van der Waals surface area contributed by atoms with Crippen molar-refractivity contribution in [1.29, 1.82) is 0 Å². The number of ether oxygens (including phenoxy) is 3. The fraction of sp³-hybridized carbons (Fsp3) is 0.824. The monoisotopic (exact) mass is 294 g/mol. The van der Waals surface area contributed by atoms with Crippen molar-refractivity contribution in [2.75, 3.05) is 13.7 Å². The van der Waals surface area contributed by atoms with Crippen LogP contribution < -0.4 is 0 Å². The lowest BCUT2D eigenvalue weighted by Crippen LogP contribution is -2.55. The molecule has 0 amide bonds. The first-order valence-corrected chi connectivity index (χ1v) is 7.86. The van der Waals surface area contributed by atoms with Crippen molar-refractivity contribution in [3.63, 3.8) is 0 Å². The van der Waals surface area contributed by atoms with Crippen LogP contribution in [0.2, 0.25) is 0 Å². The van der Waals surface area contributed by atoms with E-state index in [1.165, 1.54) is 5.57 Å². The molecule has 0 aromatic rings. The molecule has 0 aromatic carbocycles. The first-order valence-electron chi connectivity index (χ1n) is 7.86. The number of rotatable bonds is 4. The molecule has 0 radical (unpaired) electrons. The molecule has 4 heteroatoms. The van der Waals surface area contributed by atoms with Crippen LogP contribution in [-0.2, 0) is 19.0 Å². The third kappa shape index (κ3) is 2.37. The minimum atomic E-state index is -0.405. The minimum absolute atomic E-state index is 0.00674. The maximum Gasteiger partial charge on any atom is 0.164 e. The van der Waals surface area contributed by atoms with Gasteiger partial charge in [0.1, 0.15) is 17.3 Å². The zero-order valence-electron chi connectivity index (χ0n) is 13.6. The second kappa shape index (κ2) is 4.90. The lowest BCUT2D eigenvalue weighted by molar-refractivity contribution is -0.148. The van der Waals surface area contributed by atoms with Crippen LogP contribution in [0.25, 0.3) is 0 Å². The van der Waals surface area contributed by atoms with Crippen LogP contribution in [0.5, 0.6) is 0 Å². The SMILES string of the molecule is CO[C@@H]1C(=O)C(C)C[C@]2(CO2)C1[C@@]1(C)O[C@@H]1CC=C(C)C. The molecule has 3 rings (SSSR count). The van der Waals surface area contributed by atoms with Crippen LogP contribution in [0.3, 0.4) is 0 Å². The number of hydrogen-bond acceptors (Lipinski definition) is 4. The smallest absolute Gasteiger partial charge is 0.164 e. The van der Waals surface area contributed by atoms with Crippen molar-refractivity contribution in [2.45, 2.75) is 63.9 Å². The highest BCUT2D eigenvalue weighted by Crippen LogP contribution is 2.59. The number of hydrogen-bond donors (Lipinski definition) is 0. The van der Waals surface area contributed by atoms with Gasteiger partial charge in [0.2, 0.25) is 0 Å². The second-order valence-corrected chi connectivity index (χ2v) is 7.30. The molecule has 4 nitrogen and oxygen atoms in total. The van der Waals surface area contributed by atoms with Crippen molar-refractivity contribution < 1.29 is 19.0 Å². The summed E-state index contributed by atoms with van der Waals surface area (Å²) in [5, 5.41) is 0. The molecule has 0 N–H and O–H groups in total. The topological polar surface area (TPSA) is 51.4 Å². The average molecular weight is 294 g/mol. The van der Waals surface area contributed by atoms with Crippen molar-refractivity contribution in [2.24, 2.45) is 11.8 Å². The molecular weight excluding hydrogens is 268 g/mol. The fourth-order valence-corrected chi connectivity index (χ4v) is 4.10. The Morgan fingerprint density at radius 3 is 2.67 bits per heavy atom. The van der Waals surface area contributed by atoms with Gasteiger partial charge in [0.05, 0.1) is 18.6 Å². The van der Waals surface area contributed by atoms with Gasteiger partial charge in [-0.15, -0.1) is 0 Å². The van der Waals surface area contributed by atoms with Crippen LogP contribution in [0.15, 0.2) is 11.6 Å². The maximum atomic E-state index is 12.5. The third-order valence-electron chi connectivity index (χ3n) is 5.39. The van der Waals surface area contributed by atoms with Gasteiger partial charge in [-0.25, -0.2) is 0 Å². The number of methoxy groups -OCH3 is 1. The first kappa shape index (κ1) is 15.2. The number of allylic oxidation sites excluding steroid dienone is 1. The van der Waals surface area contributed by atoms with Crippen LogP contribution in [-0.4, -0.2) is 42.9 Å². The molecule has 2 saturated heterocycles. The van der Waals surface area contributed by atoms with Crippen molar-refractivity contribution >= 4 is 5.78 Å². The van der Waals surface area contributed by atoms with Gasteiger partial charge in [-0.3, -0.25) is 4.79 Å². The summed E-state index contributed by atoms with van der Waals surface area (Å²) >= 11 is 0. The standard InChI is InChI=1S/C17H26O4/c1-10(2)6-7-12-16(4,21-12)15-14(19-5)13(18)11(3)8-17(15)9-20-17/h6,11-12,14-15H,7-9H2,1-5H3/t11?,12-,14-,15?,16+,17+/m1/s1. The largest absolute Gasteiger partial charge is 0.373 e. The van der Waals surface area contributed by atoms with E-state index >= 15 is 0 Å². The lowest BCUT2D eigenvalue weighted by Gasteiger charge is -2.40. The van der Waals surface area contributed by atoms with Gasteiger partial charge in [-0.2, -0.15) is 0 Å². The van der Waals surface area contributed by atoms with Gasteiger partial charge in [0.15, 0.2) is 5.78 Å². The number of Topliss-reactive ketones (excluding diaryl/α,β-unsaturated/α-hetero) is 1. The molecule has 6 atom stereocenters. The van der Waals surface area contributed by atoms with E-state index in [1.54, 1.807) is 7.11 Å². The molecule has 118 valence electrons. The highest BCUT2D eigenvalue weighted by atomic mass is 16.6. The first-order chi connectivity index (χ1) is 9.84. The molecule has 1 aliphatic carbocycles.